The van der Waals surface area contributed by atoms with E-state index < -0.39 is 0 Å². The van der Waals surface area contributed by atoms with Crippen LogP contribution in [0.3, 0.4) is 0 Å². The van der Waals surface area contributed by atoms with Gasteiger partial charge in [0.2, 0.25) is 6.79 Å². The Kier molecular flexibility index (Phi) is 2.20. The molecule has 0 unspecified atom stereocenters. The van der Waals surface area contributed by atoms with Gasteiger partial charge in [-0.2, -0.15) is 0 Å². The average molecular weight is 220 g/mol. The second kappa shape index (κ2) is 3.70. The number of carbonyl (C=O) groups excluding carboxylic acids is 1. The predicted octanol–water partition coefficient (Wildman–Crippen LogP) is 1.77. The van der Waals surface area contributed by atoms with Crippen LogP contribution >= 0.6 is 0 Å². The lowest BCUT2D eigenvalue weighted by Gasteiger charge is -2.05. The molecule has 4 heteroatoms. The molecule has 0 spiro atoms. The monoisotopic (exact) mass is 220 g/mol. The number of carbonyl (C=O) groups is 1. The molecule has 84 valence electrons. The summed E-state index contributed by atoms with van der Waals surface area (Å²) in [5.41, 5.74) is 0. The number of benzene rings is 1. The first-order valence-corrected chi connectivity index (χ1v) is 5.38. The van der Waals surface area contributed by atoms with Gasteiger partial charge in [0.15, 0.2) is 17.3 Å². The molecule has 1 aliphatic carbocycles. The minimum Gasteiger partial charge on any atom is -0.486 e. The molecule has 1 aromatic carbocycles. The van der Waals surface area contributed by atoms with Crippen LogP contribution in [0.1, 0.15) is 12.8 Å². The summed E-state index contributed by atoms with van der Waals surface area (Å²) in [6.07, 6.45) is 2.03. The molecule has 2 aliphatic rings. The van der Waals surface area contributed by atoms with Gasteiger partial charge in [0.25, 0.3) is 0 Å². The smallest absolute Gasteiger partial charge is 0.231 e. The lowest BCUT2D eigenvalue weighted by Crippen LogP contribution is -2.12. The van der Waals surface area contributed by atoms with Crippen LogP contribution in [0, 0.1) is 5.92 Å². The third-order valence-electron chi connectivity index (χ3n) is 2.76. The first kappa shape index (κ1) is 9.51. The lowest BCUT2D eigenvalue weighted by molar-refractivity contribution is -0.122. The topological polar surface area (TPSA) is 44.8 Å². The van der Waals surface area contributed by atoms with Crippen molar-refractivity contribution in [3.8, 4) is 17.2 Å². The molecule has 1 saturated carbocycles. The van der Waals surface area contributed by atoms with E-state index in [-0.39, 0.29) is 25.1 Å². The van der Waals surface area contributed by atoms with Gasteiger partial charge < -0.3 is 14.2 Å². The van der Waals surface area contributed by atoms with Crippen molar-refractivity contribution in [2.75, 3.05) is 13.4 Å². The summed E-state index contributed by atoms with van der Waals surface area (Å²) in [6.45, 7) is 0.407. The van der Waals surface area contributed by atoms with Crippen molar-refractivity contribution >= 4 is 5.78 Å². The van der Waals surface area contributed by atoms with Gasteiger partial charge in [-0.05, 0) is 25.0 Å². The number of ether oxygens (including phenoxy) is 3. The Bertz CT molecular complexity index is 423. The van der Waals surface area contributed by atoms with E-state index in [9.17, 15) is 4.79 Å². The highest BCUT2D eigenvalue weighted by atomic mass is 16.7. The van der Waals surface area contributed by atoms with Crippen molar-refractivity contribution in [1.82, 2.24) is 0 Å². The molecule has 3 rings (SSSR count). The van der Waals surface area contributed by atoms with E-state index in [1.807, 2.05) is 0 Å². The van der Waals surface area contributed by atoms with Gasteiger partial charge in [-0.1, -0.05) is 0 Å². The number of ketones is 1. The molecule has 0 amide bonds. The van der Waals surface area contributed by atoms with Crippen LogP contribution in [0.5, 0.6) is 17.2 Å². The van der Waals surface area contributed by atoms with Crippen LogP contribution in [-0.2, 0) is 4.79 Å². The van der Waals surface area contributed by atoms with Crippen LogP contribution in [-0.4, -0.2) is 19.2 Å². The number of hydrogen-bond acceptors (Lipinski definition) is 4. The summed E-state index contributed by atoms with van der Waals surface area (Å²) in [4.78, 5) is 11.4. The Labute approximate surface area is 93.1 Å². The fraction of sp³-hybridized carbons (Fsp3) is 0.417. The van der Waals surface area contributed by atoms with Crippen molar-refractivity contribution in [3.63, 3.8) is 0 Å². The second-order valence-corrected chi connectivity index (χ2v) is 4.04. The van der Waals surface area contributed by atoms with Gasteiger partial charge in [-0.3, -0.25) is 4.79 Å². The summed E-state index contributed by atoms with van der Waals surface area (Å²) in [7, 11) is 0. The molecule has 16 heavy (non-hydrogen) atoms. The van der Waals surface area contributed by atoms with Gasteiger partial charge in [-0.25, -0.2) is 0 Å². The SMILES string of the molecule is O=C(COc1ccc2c(c1)OCO2)C1CC1. The molecular weight excluding hydrogens is 208 g/mol. The molecule has 0 bridgehead atoms. The minimum atomic E-state index is 0.157. The number of Topliss-reactive ketones (excluding diaryl/α,β-unsaturated/α-hetero) is 1. The van der Waals surface area contributed by atoms with Crippen molar-refractivity contribution in [2.45, 2.75) is 12.8 Å². The largest absolute Gasteiger partial charge is 0.486 e. The number of fused-ring (bicyclic) bond motifs is 1. The fourth-order valence-electron chi connectivity index (χ4n) is 1.64. The van der Waals surface area contributed by atoms with Crippen LogP contribution in [0.15, 0.2) is 18.2 Å². The van der Waals surface area contributed by atoms with Crippen LogP contribution in [0.25, 0.3) is 0 Å². The molecule has 1 aromatic rings. The van der Waals surface area contributed by atoms with Crippen LogP contribution in [0.2, 0.25) is 0 Å². The molecule has 0 aromatic heterocycles. The van der Waals surface area contributed by atoms with E-state index in [2.05, 4.69) is 0 Å². The van der Waals surface area contributed by atoms with Gasteiger partial charge in [-0.15, -0.1) is 0 Å². The normalized spacial score (nSPS) is 17.2. The van der Waals surface area contributed by atoms with Gasteiger partial charge in [0.05, 0.1) is 0 Å². The first-order chi connectivity index (χ1) is 7.83. The van der Waals surface area contributed by atoms with E-state index in [0.29, 0.717) is 11.5 Å². The third kappa shape index (κ3) is 1.83. The second-order valence-electron chi connectivity index (χ2n) is 4.04. The highest BCUT2D eigenvalue weighted by molar-refractivity contribution is 5.84. The number of rotatable bonds is 4. The van der Waals surface area contributed by atoms with E-state index in [1.54, 1.807) is 18.2 Å². The Morgan fingerprint density at radius 1 is 1.31 bits per heavy atom. The molecule has 0 atom stereocenters. The molecule has 0 N–H and O–H groups in total. The van der Waals surface area contributed by atoms with Gasteiger partial charge in [0.1, 0.15) is 12.4 Å². The highest BCUT2D eigenvalue weighted by Gasteiger charge is 2.29. The molecule has 1 aliphatic heterocycles. The van der Waals surface area contributed by atoms with E-state index in [0.717, 1.165) is 18.6 Å². The van der Waals surface area contributed by atoms with Crippen molar-refractivity contribution in [2.24, 2.45) is 5.92 Å². The van der Waals surface area contributed by atoms with Crippen LogP contribution in [0.4, 0.5) is 0 Å². The standard InChI is InChI=1S/C12H12O4/c13-10(8-1-2-8)6-14-9-3-4-11-12(5-9)16-7-15-11/h3-5,8H,1-2,6-7H2. The quantitative estimate of drug-likeness (QED) is 0.775. The van der Waals surface area contributed by atoms with Crippen molar-refractivity contribution in [1.29, 1.82) is 0 Å². The van der Waals surface area contributed by atoms with Gasteiger partial charge in [0, 0.05) is 12.0 Å². The van der Waals surface area contributed by atoms with E-state index in [4.69, 9.17) is 14.2 Å². The predicted molar refractivity (Wildman–Crippen MR) is 55.8 cm³/mol. The molecule has 1 fully saturated rings. The molecular formula is C12H12O4. The minimum absolute atomic E-state index is 0.157. The van der Waals surface area contributed by atoms with Crippen LogP contribution < -0.4 is 14.2 Å². The maximum atomic E-state index is 11.4. The summed E-state index contributed by atoms with van der Waals surface area (Å²) in [5.74, 6) is 2.49. The average Bonchev–Trinajstić information content (AvgIpc) is 3.04. The van der Waals surface area contributed by atoms with Crippen molar-refractivity contribution in [3.05, 3.63) is 18.2 Å². The molecule has 0 radical (unpaired) electrons. The lowest BCUT2D eigenvalue weighted by atomic mass is 10.3. The molecule has 4 nitrogen and oxygen atoms in total. The highest BCUT2D eigenvalue weighted by Crippen LogP contribution is 2.35. The Balaban J connectivity index is 1.63. The fourth-order valence-corrected chi connectivity index (χ4v) is 1.64. The maximum Gasteiger partial charge on any atom is 0.231 e. The summed E-state index contributed by atoms with van der Waals surface area (Å²) in [6, 6.07) is 5.33. The van der Waals surface area contributed by atoms with E-state index >= 15 is 0 Å². The van der Waals surface area contributed by atoms with Gasteiger partial charge >= 0.3 is 0 Å². The zero-order chi connectivity index (χ0) is 11.0. The maximum absolute atomic E-state index is 11.4. The Morgan fingerprint density at radius 2 is 2.12 bits per heavy atom. The van der Waals surface area contributed by atoms with E-state index in [1.165, 1.54) is 0 Å². The third-order valence-corrected chi connectivity index (χ3v) is 2.76. The molecule has 0 saturated heterocycles. The number of hydrogen-bond donors (Lipinski definition) is 0. The molecule has 1 heterocycles. The zero-order valence-corrected chi connectivity index (χ0v) is 8.77. The summed E-state index contributed by atoms with van der Waals surface area (Å²) < 4.78 is 15.8. The Hall–Kier alpha value is -1.71. The van der Waals surface area contributed by atoms with Crippen molar-refractivity contribution < 1.29 is 19.0 Å². The first-order valence-electron chi connectivity index (χ1n) is 5.38. The Morgan fingerprint density at radius 3 is 2.94 bits per heavy atom. The summed E-state index contributed by atoms with van der Waals surface area (Å²) in [5, 5.41) is 0. The summed E-state index contributed by atoms with van der Waals surface area (Å²) >= 11 is 0. The zero-order valence-electron chi connectivity index (χ0n) is 8.77.